The molecule has 8 nitrogen and oxygen atoms in total. The van der Waals surface area contributed by atoms with E-state index in [1.165, 1.54) is 0 Å². The van der Waals surface area contributed by atoms with Gasteiger partial charge in [0.25, 0.3) is 0 Å². The number of amides is 3. The van der Waals surface area contributed by atoms with Crippen molar-refractivity contribution < 1.29 is 14.4 Å². The van der Waals surface area contributed by atoms with Gasteiger partial charge in [-0.15, -0.1) is 0 Å². The lowest BCUT2D eigenvalue weighted by Crippen LogP contribution is -2.52. The van der Waals surface area contributed by atoms with E-state index in [1.807, 2.05) is 36.1 Å². The third-order valence-corrected chi connectivity index (χ3v) is 6.51. The third kappa shape index (κ3) is 3.77. The summed E-state index contributed by atoms with van der Waals surface area (Å²) in [7, 11) is 0. The second-order valence-electron chi connectivity index (χ2n) is 8.51. The van der Waals surface area contributed by atoms with Gasteiger partial charge in [0.1, 0.15) is 6.04 Å². The molecular weight excluding hydrogens is 382 g/mol. The van der Waals surface area contributed by atoms with E-state index in [0.717, 1.165) is 31.4 Å². The van der Waals surface area contributed by atoms with Crippen LogP contribution in [0.25, 0.3) is 0 Å². The summed E-state index contributed by atoms with van der Waals surface area (Å²) in [5.41, 5.74) is 1.69. The fourth-order valence-corrected chi connectivity index (χ4v) is 5.04. The van der Waals surface area contributed by atoms with E-state index in [4.69, 9.17) is 0 Å². The summed E-state index contributed by atoms with van der Waals surface area (Å²) in [5, 5.41) is 11.9. The second kappa shape index (κ2) is 8.44. The summed E-state index contributed by atoms with van der Waals surface area (Å²) in [4.78, 5) is 42.2. The molecule has 1 aromatic carbocycles. The molecule has 8 heteroatoms. The molecule has 3 saturated heterocycles. The Hall–Kier alpha value is -2.92. The number of nitriles is 1. The van der Waals surface area contributed by atoms with E-state index in [0.29, 0.717) is 31.7 Å². The molecule has 0 aromatic heterocycles. The zero-order valence-corrected chi connectivity index (χ0v) is 17.2. The zero-order valence-electron chi connectivity index (χ0n) is 17.2. The molecule has 0 spiro atoms. The van der Waals surface area contributed by atoms with Gasteiger partial charge in [0.2, 0.25) is 18.2 Å². The molecule has 3 aliphatic rings. The normalized spacial score (nSPS) is 26.7. The molecule has 0 saturated carbocycles. The molecule has 1 N–H and O–H groups in total. The second-order valence-corrected chi connectivity index (χ2v) is 8.51. The fourth-order valence-electron chi connectivity index (χ4n) is 5.04. The van der Waals surface area contributed by atoms with Gasteiger partial charge in [-0.1, -0.05) is 19.1 Å². The van der Waals surface area contributed by atoms with E-state index in [2.05, 4.69) is 16.3 Å². The van der Waals surface area contributed by atoms with Crippen molar-refractivity contribution in [1.82, 2.24) is 14.7 Å². The SMILES string of the molecule is C[C@@H](CN1C[C@H]2C[C@@H]1C(=O)N2Cc1cccc(NC=O)c1)C(=O)N1CCC[C@H]1C#N. The van der Waals surface area contributed by atoms with Crippen molar-refractivity contribution in [3.8, 4) is 6.07 Å². The van der Waals surface area contributed by atoms with E-state index in [1.54, 1.807) is 4.90 Å². The van der Waals surface area contributed by atoms with Crippen LogP contribution in [0.4, 0.5) is 5.69 Å². The van der Waals surface area contributed by atoms with Crippen LogP contribution in [0, 0.1) is 17.2 Å². The van der Waals surface area contributed by atoms with E-state index >= 15 is 0 Å². The summed E-state index contributed by atoms with van der Waals surface area (Å²) in [6.07, 6.45) is 3.06. The fraction of sp³-hybridized carbons (Fsp3) is 0.545. The first-order chi connectivity index (χ1) is 14.5. The van der Waals surface area contributed by atoms with Crippen molar-refractivity contribution in [2.45, 2.75) is 50.9 Å². The van der Waals surface area contributed by atoms with Gasteiger partial charge in [-0.2, -0.15) is 5.26 Å². The van der Waals surface area contributed by atoms with Crippen molar-refractivity contribution in [2.24, 2.45) is 5.92 Å². The van der Waals surface area contributed by atoms with Crippen LogP contribution in [-0.2, 0) is 20.9 Å². The Balaban J connectivity index is 1.35. The quantitative estimate of drug-likeness (QED) is 0.683. The number of nitrogens with zero attached hydrogens (tertiary/aromatic N) is 4. The van der Waals surface area contributed by atoms with Crippen LogP contribution in [-0.4, -0.2) is 70.7 Å². The highest BCUT2D eigenvalue weighted by atomic mass is 16.2. The number of rotatable bonds is 7. The van der Waals surface area contributed by atoms with Crippen LogP contribution >= 0.6 is 0 Å². The number of nitrogens with one attached hydrogen (secondary N) is 1. The molecule has 3 heterocycles. The molecule has 3 aliphatic heterocycles. The number of hydrogen-bond donors (Lipinski definition) is 1. The smallest absolute Gasteiger partial charge is 0.240 e. The van der Waals surface area contributed by atoms with Crippen LogP contribution < -0.4 is 5.32 Å². The maximum Gasteiger partial charge on any atom is 0.240 e. The van der Waals surface area contributed by atoms with Gasteiger partial charge in [-0.3, -0.25) is 19.3 Å². The number of fused-ring (bicyclic) bond motifs is 2. The number of anilines is 1. The maximum atomic E-state index is 13.0. The molecule has 0 unspecified atom stereocenters. The Morgan fingerprint density at radius 2 is 2.27 bits per heavy atom. The van der Waals surface area contributed by atoms with E-state index < -0.39 is 0 Å². The van der Waals surface area contributed by atoms with Crippen molar-refractivity contribution in [3.05, 3.63) is 29.8 Å². The first kappa shape index (κ1) is 20.4. The molecule has 4 atom stereocenters. The average molecular weight is 409 g/mol. The Labute approximate surface area is 176 Å². The van der Waals surface area contributed by atoms with Crippen molar-refractivity contribution >= 4 is 23.9 Å². The first-order valence-electron chi connectivity index (χ1n) is 10.6. The van der Waals surface area contributed by atoms with Crippen molar-refractivity contribution in [3.63, 3.8) is 0 Å². The standard InChI is InChI=1S/C22H27N5O3/c1-15(21(29)26-7-3-6-18(26)10-23)11-25-13-19-9-20(25)22(30)27(19)12-16-4-2-5-17(8-16)24-14-28/h2,4-5,8,14-15,18-20H,3,6-7,9,11-13H2,1H3,(H,24,28)/t15-,18-,19+,20+/m0/s1. The molecule has 158 valence electrons. The minimum atomic E-state index is -0.309. The van der Waals surface area contributed by atoms with Gasteiger partial charge >= 0.3 is 0 Å². The first-order valence-corrected chi connectivity index (χ1v) is 10.6. The highest BCUT2D eigenvalue weighted by molar-refractivity contribution is 5.86. The topological polar surface area (TPSA) is 96.8 Å². The highest BCUT2D eigenvalue weighted by Gasteiger charge is 2.49. The number of hydrogen-bond acceptors (Lipinski definition) is 5. The Morgan fingerprint density at radius 3 is 3.00 bits per heavy atom. The van der Waals surface area contributed by atoms with Crippen LogP contribution in [0.1, 0.15) is 31.7 Å². The summed E-state index contributed by atoms with van der Waals surface area (Å²) < 4.78 is 0. The van der Waals surface area contributed by atoms with Crippen molar-refractivity contribution in [1.29, 1.82) is 5.26 Å². The summed E-state index contributed by atoms with van der Waals surface area (Å²) in [6, 6.07) is 9.40. The lowest BCUT2D eigenvalue weighted by Gasteiger charge is -2.35. The molecule has 4 rings (SSSR count). The monoisotopic (exact) mass is 409 g/mol. The van der Waals surface area contributed by atoms with Crippen molar-refractivity contribution in [2.75, 3.05) is 25.0 Å². The summed E-state index contributed by atoms with van der Waals surface area (Å²) >= 11 is 0. The number of benzene rings is 1. The molecule has 0 radical (unpaired) electrons. The molecule has 3 fully saturated rings. The number of likely N-dealkylation sites (tertiary alicyclic amines) is 3. The highest BCUT2D eigenvalue weighted by Crippen LogP contribution is 2.34. The van der Waals surface area contributed by atoms with E-state index in [-0.39, 0.29) is 35.9 Å². The van der Waals surface area contributed by atoms with Gasteiger partial charge in [0.15, 0.2) is 0 Å². The third-order valence-electron chi connectivity index (χ3n) is 6.51. The predicted octanol–water partition coefficient (Wildman–Crippen LogP) is 1.19. The molecule has 1 aromatic rings. The zero-order chi connectivity index (χ0) is 21.3. The Morgan fingerprint density at radius 1 is 1.43 bits per heavy atom. The van der Waals surface area contributed by atoms with Gasteiger partial charge in [0, 0.05) is 43.8 Å². The van der Waals surface area contributed by atoms with Gasteiger partial charge in [-0.05, 0) is 37.0 Å². The predicted molar refractivity (Wildman–Crippen MR) is 110 cm³/mol. The van der Waals surface area contributed by atoms with Gasteiger partial charge < -0.3 is 15.1 Å². The molecule has 3 amide bonds. The largest absolute Gasteiger partial charge is 0.333 e. The Bertz CT molecular complexity index is 882. The van der Waals surface area contributed by atoms with Gasteiger partial charge in [0.05, 0.1) is 12.1 Å². The van der Waals surface area contributed by atoms with E-state index in [9.17, 15) is 19.6 Å². The van der Waals surface area contributed by atoms with Gasteiger partial charge in [-0.25, -0.2) is 0 Å². The lowest BCUT2D eigenvalue weighted by molar-refractivity contribution is -0.140. The van der Waals surface area contributed by atoms with Crippen LogP contribution in [0.2, 0.25) is 0 Å². The minimum absolute atomic E-state index is 0.0191. The average Bonchev–Trinajstić information content (AvgIpc) is 3.44. The number of carbonyl (C=O) groups excluding carboxylic acids is 3. The Kier molecular flexibility index (Phi) is 5.73. The lowest BCUT2D eigenvalue weighted by atomic mass is 10.1. The summed E-state index contributed by atoms with van der Waals surface area (Å²) in [6.45, 7) is 4.39. The summed E-state index contributed by atoms with van der Waals surface area (Å²) in [5.74, 6) is -0.105. The molecule has 0 aliphatic carbocycles. The minimum Gasteiger partial charge on any atom is -0.333 e. The van der Waals surface area contributed by atoms with Crippen LogP contribution in [0.15, 0.2) is 24.3 Å². The van der Waals surface area contributed by atoms with Crippen LogP contribution in [0.5, 0.6) is 0 Å². The number of piperazine rings is 1. The van der Waals surface area contributed by atoms with Crippen LogP contribution in [0.3, 0.4) is 0 Å². The molecular formula is C22H27N5O3. The molecule has 30 heavy (non-hydrogen) atoms. The number of carbonyl (C=O) groups is 3. The maximum absolute atomic E-state index is 13.0. The molecule has 2 bridgehead atoms.